The van der Waals surface area contributed by atoms with Crippen molar-refractivity contribution in [3.8, 4) is 10.6 Å². The number of thiazole rings is 1. The summed E-state index contributed by atoms with van der Waals surface area (Å²) in [4.78, 5) is 22.9. The number of rotatable bonds is 8. The molecule has 1 aromatic heterocycles. The molecule has 0 radical (unpaired) electrons. The van der Waals surface area contributed by atoms with E-state index in [0.717, 1.165) is 61.2 Å². The first-order chi connectivity index (χ1) is 13.3. The fourth-order valence-electron chi connectivity index (χ4n) is 3.01. The van der Waals surface area contributed by atoms with Crippen LogP contribution in [0.15, 0.2) is 40.7 Å². The molecule has 1 amide bonds. The second kappa shape index (κ2) is 12.0. The number of guanidine groups is 1. The van der Waals surface area contributed by atoms with Crippen LogP contribution < -0.4 is 10.6 Å². The summed E-state index contributed by atoms with van der Waals surface area (Å²) in [5.74, 6) is 1.08. The Morgan fingerprint density at radius 1 is 1.29 bits per heavy atom. The maximum Gasteiger partial charge on any atom is 0.222 e. The Hall–Kier alpha value is -1.68. The summed E-state index contributed by atoms with van der Waals surface area (Å²) in [5, 5.41) is 9.69. The van der Waals surface area contributed by atoms with Crippen molar-refractivity contribution in [3.63, 3.8) is 0 Å². The van der Waals surface area contributed by atoms with Crippen LogP contribution in [0.3, 0.4) is 0 Å². The highest BCUT2D eigenvalue weighted by molar-refractivity contribution is 14.0. The largest absolute Gasteiger partial charge is 0.357 e. The summed E-state index contributed by atoms with van der Waals surface area (Å²) >= 11 is 1.64. The van der Waals surface area contributed by atoms with E-state index in [-0.39, 0.29) is 29.9 Å². The maximum atomic E-state index is 11.6. The van der Waals surface area contributed by atoms with Gasteiger partial charge < -0.3 is 15.5 Å². The summed E-state index contributed by atoms with van der Waals surface area (Å²) in [5.41, 5.74) is 2.11. The number of aliphatic imine (C=N–C) groups is 1. The SMILES string of the molecule is CCNC(=NCc1csc(-c2ccccc2)n1)NCCCN1CCCC1=O.I. The average Bonchev–Trinajstić information content (AvgIpc) is 3.33. The summed E-state index contributed by atoms with van der Waals surface area (Å²) < 4.78 is 0. The highest BCUT2D eigenvalue weighted by atomic mass is 127. The van der Waals surface area contributed by atoms with E-state index >= 15 is 0 Å². The number of hydrogen-bond donors (Lipinski definition) is 2. The lowest BCUT2D eigenvalue weighted by molar-refractivity contribution is -0.127. The molecule has 2 aromatic rings. The first-order valence-electron chi connectivity index (χ1n) is 9.56. The molecule has 0 unspecified atom stereocenters. The first kappa shape index (κ1) is 22.6. The molecule has 6 nitrogen and oxygen atoms in total. The van der Waals surface area contributed by atoms with Gasteiger partial charge in [-0.2, -0.15) is 0 Å². The molecule has 0 saturated carbocycles. The molecule has 0 atom stereocenters. The van der Waals surface area contributed by atoms with E-state index in [9.17, 15) is 4.79 Å². The van der Waals surface area contributed by atoms with Crippen molar-refractivity contribution in [1.82, 2.24) is 20.5 Å². The number of nitrogens with zero attached hydrogens (tertiary/aromatic N) is 3. The van der Waals surface area contributed by atoms with Crippen LogP contribution in [-0.4, -0.2) is 47.9 Å². The summed E-state index contributed by atoms with van der Waals surface area (Å²) in [6, 6.07) is 10.2. The zero-order chi connectivity index (χ0) is 18.9. The van der Waals surface area contributed by atoms with Crippen molar-refractivity contribution in [2.24, 2.45) is 4.99 Å². The molecule has 8 heteroatoms. The van der Waals surface area contributed by atoms with Crippen molar-refractivity contribution < 1.29 is 4.79 Å². The van der Waals surface area contributed by atoms with E-state index in [4.69, 9.17) is 0 Å². The van der Waals surface area contributed by atoms with E-state index in [0.29, 0.717) is 13.0 Å². The van der Waals surface area contributed by atoms with Crippen molar-refractivity contribution in [2.75, 3.05) is 26.2 Å². The van der Waals surface area contributed by atoms with Gasteiger partial charge in [0, 0.05) is 43.5 Å². The second-order valence-corrected chi connectivity index (χ2v) is 7.33. The Balaban J connectivity index is 0.00000280. The lowest BCUT2D eigenvalue weighted by Gasteiger charge is -2.16. The molecule has 0 bridgehead atoms. The number of carbonyl (C=O) groups excluding carboxylic acids is 1. The molecule has 0 aliphatic carbocycles. The van der Waals surface area contributed by atoms with Crippen LogP contribution in [-0.2, 0) is 11.3 Å². The van der Waals surface area contributed by atoms with Gasteiger partial charge in [-0.05, 0) is 19.8 Å². The Bertz CT molecular complexity index is 765. The topological polar surface area (TPSA) is 69.6 Å². The van der Waals surface area contributed by atoms with Crippen LogP contribution in [0, 0.1) is 0 Å². The third-order valence-electron chi connectivity index (χ3n) is 4.38. The Morgan fingerprint density at radius 3 is 2.82 bits per heavy atom. The van der Waals surface area contributed by atoms with E-state index in [2.05, 4.69) is 45.0 Å². The van der Waals surface area contributed by atoms with Crippen molar-refractivity contribution >= 4 is 47.2 Å². The summed E-state index contributed by atoms with van der Waals surface area (Å²) in [7, 11) is 0. The van der Waals surface area contributed by atoms with Gasteiger partial charge >= 0.3 is 0 Å². The summed E-state index contributed by atoms with van der Waals surface area (Å²) in [6.07, 6.45) is 2.62. The summed E-state index contributed by atoms with van der Waals surface area (Å²) in [6.45, 7) is 5.92. The fourth-order valence-corrected chi connectivity index (χ4v) is 3.83. The quantitative estimate of drug-likeness (QED) is 0.246. The van der Waals surface area contributed by atoms with Crippen LogP contribution in [0.1, 0.15) is 31.9 Å². The molecule has 1 aliphatic rings. The number of nitrogens with one attached hydrogen (secondary N) is 2. The smallest absolute Gasteiger partial charge is 0.222 e. The molecule has 2 N–H and O–H groups in total. The number of carbonyl (C=O) groups is 1. The monoisotopic (exact) mass is 513 g/mol. The van der Waals surface area contributed by atoms with Crippen LogP contribution in [0.4, 0.5) is 0 Å². The molecule has 1 aliphatic heterocycles. The predicted molar refractivity (Wildman–Crippen MR) is 126 cm³/mol. The fraction of sp³-hybridized carbons (Fsp3) is 0.450. The minimum Gasteiger partial charge on any atom is -0.357 e. The molecule has 1 saturated heterocycles. The number of benzene rings is 1. The molecular formula is C20H28IN5OS. The molecular weight excluding hydrogens is 485 g/mol. The Labute approximate surface area is 187 Å². The van der Waals surface area contributed by atoms with Gasteiger partial charge in [-0.25, -0.2) is 9.98 Å². The normalized spacial score (nSPS) is 14.1. The van der Waals surface area contributed by atoms with Crippen LogP contribution in [0.25, 0.3) is 10.6 Å². The van der Waals surface area contributed by atoms with Crippen molar-refractivity contribution in [3.05, 3.63) is 41.4 Å². The van der Waals surface area contributed by atoms with Gasteiger partial charge in [0.15, 0.2) is 5.96 Å². The van der Waals surface area contributed by atoms with Crippen LogP contribution in [0.2, 0.25) is 0 Å². The van der Waals surface area contributed by atoms with E-state index in [1.807, 2.05) is 23.1 Å². The van der Waals surface area contributed by atoms with Gasteiger partial charge in [0.25, 0.3) is 0 Å². The molecule has 1 aromatic carbocycles. The molecule has 1 fully saturated rings. The Morgan fingerprint density at radius 2 is 2.11 bits per heavy atom. The minimum absolute atomic E-state index is 0. The Kier molecular flexibility index (Phi) is 9.69. The standard InChI is InChI=1S/C20H27N5OS.HI/c1-2-21-20(22-11-7-13-25-12-6-10-18(25)26)23-14-17-15-27-19(24-17)16-8-4-3-5-9-16;/h3-5,8-9,15H,2,6-7,10-14H2,1H3,(H2,21,22,23);1H. The first-order valence-corrected chi connectivity index (χ1v) is 10.4. The van der Waals surface area contributed by atoms with Crippen LogP contribution >= 0.6 is 35.3 Å². The number of aromatic nitrogens is 1. The second-order valence-electron chi connectivity index (χ2n) is 6.47. The van der Waals surface area contributed by atoms with Gasteiger partial charge in [0.05, 0.1) is 12.2 Å². The predicted octanol–water partition coefficient (Wildman–Crippen LogP) is 3.50. The van der Waals surface area contributed by atoms with E-state index in [1.54, 1.807) is 11.3 Å². The lowest BCUT2D eigenvalue weighted by Crippen LogP contribution is -2.39. The number of likely N-dealkylation sites (tertiary alicyclic amines) is 1. The molecule has 28 heavy (non-hydrogen) atoms. The maximum absolute atomic E-state index is 11.6. The lowest BCUT2D eigenvalue weighted by atomic mass is 10.2. The van der Waals surface area contributed by atoms with E-state index < -0.39 is 0 Å². The van der Waals surface area contributed by atoms with Crippen LogP contribution in [0.5, 0.6) is 0 Å². The molecule has 3 rings (SSSR count). The van der Waals surface area contributed by atoms with Gasteiger partial charge in [-0.3, -0.25) is 4.79 Å². The van der Waals surface area contributed by atoms with Gasteiger partial charge in [0.2, 0.25) is 5.91 Å². The molecule has 152 valence electrons. The molecule has 0 spiro atoms. The number of amides is 1. The van der Waals surface area contributed by atoms with Gasteiger partial charge in [-0.1, -0.05) is 30.3 Å². The zero-order valence-electron chi connectivity index (χ0n) is 16.2. The highest BCUT2D eigenvalue weighted by Crippen LogP contribution is 2.23. The van der Waals surface area contributed by atoms with Crippen molar-refractivity contribution in [2.45, 2.75) is 32.7 Å². The van der Waals surface area contributed by atoms with Crippen molar-refractivity contribution in [1.29, 1.82) is 0 Å². The minimum atomic E-state index is 0. The average molecular weight is 513 g/mol. The third kappa shape index (κ3) is 6.73. The number of hydrogen-bond acceptors (Lipinski definition) is 4. The molecule has 2 heterocycles. The van der Waals surface area contributed by atoms with E-state index in [1.165, 1.54) is 0 Å². The third-order valence-corrected chi connectivity index (χ3v) is 5.32. The zero-order valence-corrected chi connectivity index (χ0v) is 19.3. The van der Waals surface area contributed by atoms with Gasteiger partial charge in [0.1, 0.15) is 5.01 Å². The highest BCUT2D eigenvalue weighted by Gasteiger charge is 2.18. The number of halogens is 1. The van der Waals surface area contributed by atoms with Gasteiger partial charge in [-0.15, -0.1) is 35.3 Å².